The fourth-order valence-corrected chi connectivity index (χ4v) is 2.07. The molecule has 0 saturated carbocycles. The fraction of sp³-hybridized carbons (Fsp3) is 0.857. The topological polar surface area (TPSA) is 92.4 Å². The molecule has 0 fully saturated rings. The number of nitrogens with one attached hydrogen (secondary N) is 1. The van der Waals surface area contributed by atoms with Crippen LogP contribution in [0.15, 0.2) is 0 Å². The van der Waals surface area contributed by atoms with Crippen LogP contribution in [0.2, 0.25) is 0 Å². The third-order valence-electron chi connectivity index (χ3n) is 3.03. The molecule has 2 unspecified atom stereocenters. The van der Waals surface area contributed by atoms with Crippen molar-refractivity contribution in [3.8, 4) is 0 Å². The first kappa shape index (κ1) is 17.9. The summed E-state index contributed by atoms with van der Waals surface area (Å²) in [5.41, 5.74) is 5.55. The van der Waals surface area contributed by atoms with Crippen molar-refractivity contribution < 1.29 is 14.7 Å². The van der Waals surface area contributed by atoms with Gasteiger partial charge in [0.25, 0.3) is 0 Å². The highest BCUT2D eigenvalue weighted by atomic mass is 16.4. The number of rotatable bonds is 8. The second-order valence-corrected chi connectivity index (χ2v) is 6.34. The van der Waals surface area contributed by atoms with Crippen molar-refractivity contribution >= 4 is 11.9 Å². The highest BCUT2D eigenvalue weighted by Gasteiger charge is 2.23. The highest BCUT2D eigenvalue weighted by Crippen LogP contribution is 2.22. The van der Waals surface area contributed by atoms with Crippen LogP contribution in [0.4, 0.5) is 0 Å². The molecule has 0 aliphatic heterocycles. The number of carbonyl (C=O) groups excluding carboxylic acids is 1. The van der Waals surface area contributed by atoms with E-state index in [1.807, 2.05) is 27.7 Å². The Morgan fingerprint density at radius 3 is 2.21 bits per heavy atom. The van der Waals surface area contributed by atoms with E-state index < -0.39 is 5.97 Å². The minimum atomic E-state index is -0.889. The van der Waals surface area contributed by atoms with Gasteiger partial charge >= 0.3 is 5.97 Å². The first-order chi connectivity index (χ1) is 8.67. The third-order valence-corrected chi connectivity index (χ3v) is 3.03. The molecule has 0 saturated heterocycles. The van der Waals surface area contributed by atoms with E-state index in [0.717, 1.165) is 6.42 Å². The molecule has 0 aromatic heterocycles. The van der Waals surface area contributed by atoms with Gasteiger partial charge in [0.05, 0.1) is 6.42 Å². The molecule has 112 valence electrons. The van der Waals surface area contributed by atoms with E-state index in [9.17, 15) is 9.59 Å². The molecule has 5 heteroatoms. The Balaban J connectivity index is 4.46. The summed E-state index contributed by atoms with van der Waals surface area (Å²) in [5.74, 6) is -0.826. The van der Waals surface area contributed by atoms with Crippen molar-refractivity contribution in [1.82, 2.24) is 5.32 Å². The lowest BCUT2D eigenvalue weighted by Gasteiger charge is -2.26. The Hall–Kier alpha value is -1.10. The Bertz CT molecular complexity index is 294. The van der Waals surface area contributed by atoms with Gasteiger partial charge in [-0.1, -0.05) is 34.1 Å². The van der Waals surface area contributed by atoms with E-state index in [0.29, 0.717) is 19.4 Å². The first-order valence-electron chi connectivity index (χ1n) is 6.89. The van der Waals surface area contributed by atoms with Gasteiger partial charge < -0.3 is 16.2 Å². The molecule has 0 aromatic rings. The summed E-state index contributed by atoms with van der Waals surface area (Å²) in [6.07, 6.45) is 1.83. The molecular formula is C14H28N2O3. The molecule has 0 aliphatic rings. The van der Waals surface area contributed by atoms with Crippen LogP contribution in [0.3, 0.4) is 0 Å². The van der Waals surface area contributed by atoms with Crippen molar-refractivity contribution in [3.05, 3.63) is 0 Å². The van der Waals surface area contributed by atoms with Crippen LogP contribution >= 0.6 is 0 Å². The second-order valence-electron chi connectivity index (χ2n) is 6.34. The number of hydrogen-bond acceptors (Lipinski definition) is 3. The van der Waals surface area contributed by atoms with Crippen LogP contribution in [0.5, 0.6) is 0 Å². The predicted molar refractivity (Wildman–Crippen MR) is 75.7 cm³/mol. The highest BCUT2D eigenvalue weighted by molar-refractivity contribution is 5.77. The quantitative estimate of drug-likeness (QED) is 0.627. The normalized spacial score (nSPS) is 14.8. The molecule has 0 aliphatic carbocycles. The van der Waals surface area contributed by atoms with Gasteiger partial charge in [0, 0.05) is 12.5 Å². The monoisotopic (exact) mass is 272 g/mol. The zero-order valence-electron chi connectivity index (χ0n) is 12.5. The molecule has 0 spiro atoms. The number of amides is 1. The minimum absolute atomic E-state index is 0.0224. The van der Waals surface area contributed by atoms with Crippen LogP contribution in [0.25, 0.3) is 0 Å². The summed E-state index contributed by atoms with van der Waals surface area (Å²) < 4.78 is 0. The standard InChI is InChI=1S/C14H28N2O3/c1-5-10(9-15)6-12(17)16-11(7-13(18)19)8-14(2,3)4/h10-11H,5-9,15H2,1-4H3,(H,16,17)(H,18,19). The van der Waals surface area contributed by atoms with E-state index in [-0.39, 0.29) is 29.7 Å². The molecule has 0 heterocycles. The van der Waals surface area contributed by atoms with Gasteiger partial charge in [0.15, 0.2) is 0 Å². The minimum Gasteiger partial charge on any atom is -0.481 e. The summed E-state index contributed by atoms with van der Waals surface area (Å²) in [5, 5.41) is 11.7. The maximum absolute atomic E-state index is 11.9. The average Bonchev–Trinajstić information content (AvgIpc) is 2.22. The van der Waals surface area contributed by atoms with Crippen molar-refractivity contribution in [3.63, 3.8) is 0 Å². The number of aliphatic carboxylic acids is 1. The van der Waals surface area contributed by atoms with Crippen molar-refractivity contribution in [2.45, 2.75) is 59.4 Å². The average molecular weight is 272 g/mol. The molecule has 0 rings (SSSR count). The lowest BCUT2D eigenvalue weighted by molar-refractivity contribution is -0.138. The molecule has 1 amide bonds. The molecule has 2 atom stereocenters. The van der Waals surface area contributed by atoms with Gasteiger partial charge in [0.1, 0.15) is 0 Å². The molecule has 0 bridgehead atoms. The Labute approximate surface area is 115 Å². The maximum Gasteiger partial charge on any atom is 0.305 e. The van der Waals surface area contributed by atoms with E-state index >= 15 is 0 Å². The molecule has 19 heavy (non-hydrogen) atoms. The lowest BCUT2D eigenvalue weighted by atomic mass is 9.87. The van der Waals surface area contributed by atoms with Crippen LogP contribution < -0.4 is 11.1 Å². The van der Waals surface area contributed by atoms with Crippen molar-refractivity contribution in [1.29, 1.82) is 0 Å². The van der Waals surface area contributed by atoms with Gasteiger partial charge in [0.2, 0.25) is 5.91 Å². The largest absolute Gasteiger partial charge is 0.481 e. The van der Waals surface area contributed by atoms with E-state index in [2.05, 4.69) is 5.32 Å². The summed E-state index contributed by atoms with van der Waals surface area (Å²) in [6, 6.07) is -0.319. The second kappa shape index (κ2) is 8.15. The summed E-state index contributed by atoms with van der Waals surface area (Å²) in [6.45, 7) is 8.57. The van der Waals surface area contributed by atoms with E-state index in [1.54, 1.807) is 0 Å². The molecule has 0 aromatic carbocycles. The summed E-state index contributed by atoms with van der Waals surface area (Å²) >= 11 is 0. The van der Waals surface area contributed by atoms with Crippen LogP contribution in [0, 0.1) is 11.3 Å². The van der Waals surface area contributed by atoms with Gasteiger partial charge in [-0.25, -0.2) is 0 Å². The van der Waals surface area contributed by atoms with E-state index in [4.69, 9.17) is 10.8 Å². The van der Waals surface area contributed by atoms with E-state index in [1.165, 1.54) is 0 Å². The smallest absolute Gasteiger partial charge is 0.305 e. The molecule has 0 radical (unpaired) electrons. The maximum atomic E-state index is 11.9. The van der Waals surface area contributed by atoms with Gasteiger partial charge in [-0.3, -0.25) is 9.59 Å². The number of nitrogens with two attached hydrogens (primary N) is 1. The fourth-order valence-electron chi connectivity index (χ4n) is 2.07. The zero-order valence-corrected chi connectivity index (χ0v) is 12.5. The predicted octanol–water partition coefficient (Wildman–Crippen LogP) is 1.76. The Morgan fingerprint density at radius 2 is 1.84 bits per heavy atom. The SMILES string of the molecule is CCC(CN)CC(=O)NC(CC(=O)O)CC(C)(C)C. The van der Waals surface area contributed by atoms with Crippen molar-refractivity contribution in [2.75, 3.05) is 6.54 Å². The van der Waals surface area contributed by atoms with Crippen LogP contribution in [-0.4, -0.2) is 29.6 Å². The zero-order chi connectivity index (χ0) is 15.1. The number of carboxylic acid groups (broad SMARTS) is 1. The lowest BCUT2D eigenvalue weighted by Crippen LogP contribution is -2.40. The number of hydrogen-bond donors (Lipinski definition) is 3. The van der Waals surface area contributed by atoms with Gasteiger partial charge in [-0.15, -0.1) is 0 Å². The molecule has 5 nitrogen and oxygen atoms in total. The van der Waals surface area contributed by atoms with Gasteiger partial charge in [-0.2, -0.15) is 0 Å². The number of carbonyl (C=O) groups is 2. The van der Waals surface area contributed by atoms with Crippen molar-refractivity contribution in [2.24, 2.45) is 17.1 Å². The number of carboxylic acids is 1. The Kier molecular flexibility index (Phi) is 7.68. The first-order valence-corrected chi connectivity index (χ1v) is 6.89. The summed E-state index contributed by atoms with van der Waals surface area (Å²) in [4.78, 5) is 22.7. The van der Waals surface area contributed by atoms with Crippen LogP contribution in [0.1, 0.15) is 53.4 Å². The van der Waals surface area contributed by atoms with Gasteiger partial charge in [-0.05, 0) is 24.3 Å². The summed E-state index contributed by atoms with van der Waals surface area (Å²) in [7, 11) is 0. The molecule has 4 N–H and O–H groups in total. The third kappa shape index (κ3) is 9.47. The van der Waals surface area contributed by atoms with Crippen LogP contribution in [-0.2, 0) is 9.59 Å². The molecular weight excluding hydrogens is 244 g/mol. The Morgan fingerprint density at radius 1 is 1.26 bits per heavy atom.